The number of carboxylic acids is 1. The second-order valence-corrected chi connectivity index (χ2v) is 10.8. The minimum Gasteiger partial charge on any atom is -0.475 e. The molecule has 1 aliphatic rings. The number of rotatable bonds is 5. The fourth-order valence-corrected chi connectivity index (χ4v) is 5.51. The molecule has 16 heteroatoms. The molecule has 0 saturated heterocycles. The number of carbonyl (C=O) groups excluding carboxylic acids is 1. The Morgan fingerprint density at radius 2 is 1.73 bits per heavy atom. The average molecular weight is 640 g/mol. The van der Waals surface area contributed by atoms with Gasteiger partial charge >= 0.3 is 18.3 Å². The van der Waals surface area contributed by atoms with E-state index in [1.165, 1.54) is 11.3 Å². The van der Waals surface area contributed by atoms with Gasteiger partial charge in [-0.1, -0.05) is 6.07 Å². The Morgan fingerprint density at radius 3 is 2.36 bits per heavy atom. The maximum Gasteiger partial charge on any atom is 0.490 e. The first-order chi connectivity index (χ1) is 20.5. The van der Waals surface area contributed by atoms with Crippen LogP contribution in [0.15, 0.2) is 54.9 Å². The summed E-state index contributed by atoms with van der Waals surface area (Å²) in [4.78, 5) is 34.2. The number of benzene rings is 1. The topological polar surface area (TPSA) is 151 Å². The third-order valence-corrected chi connectivity index (χ3v) is 7.66. The lowest BCUT2D eigenvalue weighted by Crippen LogP contribution is -2.32. The van der Waals surface area contributed by atoms with Crippen LogP contribution in [0.25, 0.3) is 10.6 Å². The van der Waals surface area contributed by atoms with Crippen LogP contribution in [-0.4, -0.2) is 43.2 Å². The molecule has 0 saturated carbocycles. The average Bonchev–Trinajstić information content (AvgIpc) is 3.44. The molecular weight excluding hydrogens is 616 g/mol. The van der Waals surface area contributed by atoms with Crippen molar-refractivity contribution in [3.8, 4) is 10.6 Å². The van der Waals surface area contributed by atoms with E-state index in [1.807, 2.05) is 13.0 Å². The van der Waals surface area contributed by atoms with Crippen molar-refractivity contribution < 1.29 is 46.1 Å². The Morgan fingerprint density at radius 1 is 1.02 bits per heavy atom. The van der Waals surface area contributed by atoms with Gasteiger partial charge in [-0.15, -0.1) is 11.3 Å². The molecule has 4 aromatic rings. The molecular formula is C28H23F6N5O4S. The third kappa shape index (κ3) is 7.31. The summed E-state index contributed by atoms with van der Waals surface area (Å²) in [6.07, 6.45) is -4.96. The number of primary amides is 1. The van der Waals surface area contributed by atoms with Crippen molar-refractivity contribution in [1.82, 2.24) is 15.0 Å². The van der Waals surface area contributed by atoms with Gasteiger partial charge in [0.1, 0.15) is 22.2 Å². The summed E-state index contributed by atoms with van der Waals surface area (Å²) in [6.45, 7) is 1.85. The molecule has 3 aromatic heterocycles. The summed E-state index contributed by atoms with van der Waals surface area (Å²) >= 11 is 1.29. The molecule has 0 spiro atoms. The number of halogens is 6. The lowest BCUT2D eigenvalue weighted by atomic mass is 9.79. The van der Waals surface area contributed by atoms with Gasteiger partial charge in [0.05, 0.1) is 16.1 Å². The van der Waals surface area contributed by atoms with E-state index < -0.39 is 35.4 Å². The van der Waals surface area contributed by atoms with Crippen LogP contribution >= 0.6 is 11.3 Å². The molecule has 44 heavy (non-hydrogen) atoms. The van der Waals surface area contributed by atoms with Crippen LogP contribution < -0.4 is 11.1 Å². The maximum absolute atomic E-state index is 13.1. The number of aromatic nitrogens is 3. The van der Waals surface area contributed by atoms with Crippen LogP contribution in [0.5, 0.6) is 0 Å². The van der Waals surface area contributed by atoms with Gasteiger partial charge in [0, 0.05) is 18.0 Å². The van der Waals surface area contributed by atoms with Gasteiger partial charge in [-0.2, -0.15) is 26.3 Å². The van der Waals surface area contributed by atoms with Gasteiger partial charge in [-0.25, -0.2) is 19.7 Å². The molecule has 1 atom stereocenters. The fourth-order valence-electron chi connectivity index (χ4n) is 4.50. The van der Waals surface area contributed by atoms with E-state index in [4.69, 9.17) is 15.6 Å². The number of aryl methyl sites for hydroxylation is 2. The summed E-state index contributed by atoms with van der Waals surface area (Å²) in [5.74, 6) is -2.93. The highest BCUT2D eigenvalue weighted by Crippen LogP contribution is 2.43. The molecule has 9 nitrogen and oxygen atoms in total. The number of alkyl halides is 6. The molecule has 1 amide bonds. The Balaban J connectivity index is 0.000000566. The Labute approximate surface area is 249 Å². The number of carboxylic acid groups (broad SMARTS) is 1. The van der Waals surface area contributed by atoms with Crippen LogP contribution in [0.1, 0.15) is 50.5 Å². The first-order valence-electron chi connectivity index (χ1n) is 12.7. The summed E-state index contributed by atoms with van der Waals surface area (Å²) in [5.41, 5.74) is 6.61. The molecule has 0 bridgehead atoms. The van der Waals surface area contributed by atoms with Gasteiger partial charge in [0.15, 0.2) is 0 Å². The zero-order chi connectivity index (χ0) is 32.4. The van der Waals surface area contributed by atoms with Crippen LogP contribution in [0.4, 0.5) is 38.0 Å². The van der Waals surface area contributed by atoms with E-state index >= 15 is 0 Å². The zero-order valence-electron chi connectivity index (χ0n) is 22.6. The van der Waals surface area contributed by atoms with Crippen molar-refractivity contribution in [1.29, 1.82) is 0 Å². The third-order valence-electron chi connectivity index (χ3n) is 6.49. The molecule has 0 aliphatic heterocycles. The molecule has 5 rings (SSSR count). The number of aliphatic carboxylic acids is 1. The predicted molar refractivity (Wildman–Crippen MR) is 147 cm³/mol. The lowest BCUT2D eigenvalue weighted by Gasteiger charge is -2.33. The van der Waals surface area contributed by atoms with Gasteiger partial charge < -0.3 is 21.3 Å². The van der Waals surface area contributed by atoms with E-state index in [9.17, 15) is 36.2 Å². The van der Waals surface area contributed by atoms with Crippen molar-refractivity contribution >= 4 is 34.8 Å². The number of nitrogens with one attached hydrogen (secondary N) is 1. The number of nitrogens with two attached hydrogens (primary N) is 1. The Kier molecular flexibility index (Phi) is 8.97. The molecule has 1 unspecified atom stereocenters. The monoisotopic (exact) mass is 639 g/mol. The van der Waals surface area contributed by atoms with Crippen LogP contribution in [0, 0.1) is 6.92 Å². The van der Waals surface area contributed by atoms with E-state index in [2.05, 4.69) is 20.3 Å². The quantitative estimate of drug-likeness (QED) is 0.195. The molecule has 1 aromatic carbocycles. The molecule has 0 radical (unpaired) electrons. The number of amides is 1. The number of nitrogens with zero attached hydrogens (tertiary/aromatic N) is 3. The minimum atomic E-state index is -5.08. The van der Waals surface area contributed by atoms with Crippen molar-refractivity contribution in [2.24, 2.45) is 5.73 Å². The minimum absolute atomic E-state index is 0.0207. The SMILES string of the molecule is Cc1cc(Nc2cc(C(F)(F)F)ccn2)nc(-c2cnc(C3(O)CCCc4cc(C(N)=O)ccc43)s2)c1.O=C(O)C(F)(F)F. The number of anilines is 2. The van der Waals surface area contributed by atoms with Crippen molar-refractivity contribution in [2.45, 2.75) is 44.1 Å². The van der Waals surface area contributed by atoms with Crippen LogP contribution in [-0.2, 0) is 23.0 Å². The highest BCUT2D eigenvalue weighted by molar-refractivity contribution is 7.15. The van der Waals surface area contributed by atoms with Crippen molar-refractivity contribution in [3.63, 3.8) is 0 Å². The number of pyridine rings is 2. The highest BCUT2D eigenvalue weighted by atomic mass is 32.1. The molecule has 3 heterocycles. The number of thiazole rings is 1. The smallest absolute Gasteiger partial charge is 0.475 e. The summed E-state index contributed by atoms with van der Waals surface area (Å²) < 4.78 is 71.0. The fraction of sp³-hybridized carbons (Fsp3) is 0.250. The number of hydrogen-bond donors (Lipinski definition) is 4. The molecule has 5 N–H and O–H groups in total. The predicted octanol–water partition coefficient (Wildman–Crippen LogP) is 5.98. The van der Waals surface area contributed by atoms with Gasteiger partial charge in [-0.3, -0.25) is 4.79 Å². The van der Waals surface area contributed by atoms with Crippen LogP contribution in [0.2, 0.25) is 0 Å². The zero-order valence-corrected chi connectivity index (χ0v) is 23.4. The highest BCUT2D eigenvalue weighted by Gasteiger charge is 2.39. The number of carbonyl (C=O) groups is 2. The first-order valence-corrected chi connectivity index (χ1v) is 13.5. The van der Waals surface area contributed by atoms with Crippen molar-refractivity contribution in [2.75, 3.05) is 5.32 Å². The van der Waals surface area contributed by atoms with Gasteiger partial charge in [0.25, 0.3) is 0 Å². The van der Waals surface area contributed by atoms with E-state index in [0.29, 0.717) is 45.4 Å². The Bertz CT molecular complexity index is 1710. The number of fused-ring (bicyclic) bond motifs is 1. The second-order valence-electron chi connectivity index (χ2n) is 9.75. The van der Waals surface area contributed by atoms with Gasteiger partial charge in [-0.05, 0) is 79.3 Å². The molecule has 0 fully saturated rings. The largest absolute Gasteiger partial charge is 0.490 e. The van der Waals surface area contributed by atoms with Crippen LogP contribution in [0.3, 0.4) is 0 Å². The Hall–Kier alpha value is -4.57. The van der Waals surface area contributed by atoms with Crippen molar-refractivity contribution in [3.05, 3.63) is 87.7 Å². The number of hydrogen-bond acceptors (Lipinski definition) is 8. The second kappa shape index (κ2) is 12.2. The van der Waals surface area contributed by atoms with E-state index in [0.717, 1.165) is 35.9 Å². The first kappa shape index (κ1) is 32.3. The number of aliphatic hydroxyl groups is 1. The summed E-state index contributed by atoms with van der Waals surface area (Å²) in [6, 6.07) is 10.4. The van der Waals surface area contributed by atoms with E-state index in [-0.39, 0.29) is 5.82 Å². The molecule has 1 aliphatic carbocycles. The normalized spacial score (nSPS) is 16.4. The maximum atomic E-state index is 13.1. The summed E-state index contributed by atoms with van der Waals surface area (Å²) in [7, 11) is 0. The van der Waals surface area contributed by atoms with Gasteiger partial charge in [0.2, 0.25) is 5.91 Å². The summed E-state index contributed by atoms with van der Waals surface area (Å²) in [5, 5.41) is 22.1. The van der Waals surface area contributed by atoms with E-state index in [1.54, 1.807) is 30.5 Å². The molecule has 232 valence electrons. The lowest BCUT2D eigenvalue weighted by molar-refractivity contribution is -0.192. The standard InChI is InChI=1S/C26H22F3N5O2S.C2HF3O2/c1-14-9-19(33-22(10-14)34-21-12-17(6-8-31-21)26(27,28)29)20-13-32-24(37-20)25(36)7-2-3-15-11-16(23(30)35)4-5-18(15)25;3-2(4,5)1(6)7/h4-6,8-13,36H,2-3,7H2,1H3,(H2,30,35)(H,31,33,34);(H,6,7).